The van der Waals surface area contributed by atoms with E-state index in [1.54, 1.807) is 31.4 Å². The van der Waals surface area contributed by atoms with Crippen molar-refractivity contribution in [1.29, 1.82) is 0 Å². The van der Waals surface area contributed by atoms with Crippen molar-refractivity contribution in [3.05, 3.63) is 48.0 Å². The first-order chi connectivity index (χ1) is 14.9. The topological polar surface area (TPSA) is 88.7 Å². The van der Waals surface area contributed by atoms with Gasteiger partial charge >= 0.3 is 0 Å². The highest BCUT2D eigenvalue weighted by atomic mass is 16.5. The zero-order chi connectivity index (χ0) is 22.2. The lowest BCUT2D eigenvalue weighted by Crippen LogP contribution is -2.37. The second-order valence-corrected chi connectivity index (χ2v) is 7.86. The van der Waals surface area contributed by atoms with E-state index in [4.69, 9.17) is 9.47 Å². The SMILES string of the molecule is COc1ccc(CNC(C)C(=O)Nc2ccc(NC(C)=O)cc2)cc1OC1CCCC1. The van der Waals surface area contributed by atoms with Crippen LogP contribution < -0.4 is 25.4 Å². The number of methoxy groups -OCH3 is 1. The molecule has 31 heavy (non-hydrogen) atoms. The number of amides is 2. The number of ether oxygens (including phenoxy) is 2. The Morgan fingerprint density at radius 3 is 2.26 bits per heavy atom. The Balaban J connectivity index is 1.53. The Hall–Kier alpha value is -3.06. The zero-order valence-corrected chi connectivity index (χ0v) is 18.4. The number of anilines is 2. The molecule has 1 saturated carbocycles. The van der Waals surface area contributed by atoms with Crippen LogP contribution in [0, 0.1) is 0 Å². The third-order valence-electron chi connectivity index (χ3n) is 5.30. The number of carbonyl (C=O) groups excluding carboxylic acids is 2. The van der Waals surface area contributed by atoms with Crippen molar-refractivity contribution >= 4 is 23.2 Å². The summed E-state index contributed by atoms with van der Waals surface area (Å²) in [5.41, 5.74) is 2.38. The molecule has 7 nitrogen and oxygen atoms in total. The molecule has 1 unspecified atom stereocenters. The lowest BCUT2D eigenvalue weighted by atomic mass is 10.1. The zero-order valence-electron chi connectivity index (χ0n) is 18.4. The average molecular weight is 426 g/mol. The Labute approximate surface area is 183 Å². The maximum absolute atomic E-state index is 12.5. The van der Waals surface area contributed by atoms with Gasteiger partial charge in [0.1, 0.15) is 0 Å². The van der Waals surface area contributed by atoms with E-state index in [0.717, 1.165) is 29.9 Å². The molecule has 0 aromatic heterocycles. The molecule has 2 aromatic carbocycles. The fourth-order valence-corrected chi connectivity index (χ4v) is 3.56. The van der Waals surface area contributed by atoms with Gasteiger partial charge in [0, 0.05) is 24.8 Å². The van der Waals surface area contributed by atoms with E-state index in [-0.39, 0.29) is 17.9 Å². The van der Waals surface area contributed by atoms with Gasteiger partial charge in [-0.1, -0.05) is 6.07 Å². The number of benzene rings is 2. The molecule has 0 radical (unpaired) electrons. The molecular weight excluding hydrogens is 394 g/mol. The summed E-state index contributed by atoms with van der Waals surface area (Å²) < 4.78 is 11.6. The van der Waals surface area contributed by atoms with Gasteiger partial charge in [-0.05, 0) is 74.6 Å². The summed E-state index contributed by atoms with van der Waals surface area (Å²) in [6, 6.07) is 12.5. The van der Waals surface area contributed by atoms with Gasteiger partial charge in [0.05, 0.1) is 19.3 Å². The maximum Gasteiger partial charge on any atom is 0.241 e. The molecule has 0 aliphatic heterocycles. The molecule has 1 aliphatic rings. The molecule has 2 aromatic rings. The van der Waals surface area contributed by atoms with Crippen molar-refractivity contribution in [2.75, 3.05) is 17.7 Å². The predicted molar refractivity (Wildman–Crippen MR) is 122 cm³/mol. The van der Waals surface area contributed by atoms with Crippen molar-refractivity contribution in [3.63, 3.8) is 0 Å². The highest BCUT2D eigenvalue weighted by Gasteiger charge is 2.19. The van der Waals surface area contributed by atoms with E-state index in [1.807, 2.05) is 25.1 Å². The van der Waals surface area contributed by atoms with Crippen LogP contribution in [0.2, 0.25) is 0 Å². The predicted octanol–water partition coefficient (Wildman–Crippen LogP) is 4.09. The lowest BCUT2D eigenvalue weighted by Gasteiger charge is -2.18. The van der Waals surface area contributed by atoms with E-state index in [1.165, 1.54) is 19.8 Å². The molecule has 0 heterocycles. The molecule has 2 amide bonds. The van der Waals surface area contributed by atoms with Gasteiger partial charge in [0.25, 0.3) is 0 Å². The summed E-state index contributed by atoms with van der Waals surface area (Å²) in [5, 5.41) is 8.83. The van der Waals surface area contributed by atoms with Crippen molar-refractivity contribution < 1.29 is 19.1 Å². The van der Waals surface area contributed by atoms with Crippen LogP contribution in [0.4, 0.5) is 11.4 Å². The van der Waals surface area contributed by atoms with Crippen LogP contribution in [0.3, 0.4) is 0 Å². The fourth-order valence-electron chi connectivity index (χ4n) is 3.56. The van der Waals surface area contributed by atoms with Crippen LogP contribution in [0.25, 0.3) is 0 Å². The molecule has 3 rings (SSSR count). The minimum Gasteiger partial charge on any atom is -0.493 e. The van der Waals surface area contributed by atoms with Crippen LogP contribution in [-0.2, 0) is 16.1 Å². The van der Waals surface area contributed by atoms with Crippen molar-refractivity contribution in [2.45, 2.75) is 58.2 Å². The van der Waals surface area contributed by atoms with Crippen LogP contribution in [-0.4, -0.2) is 31.1 Å². The van der Waals surface area contributed by atoms with Gasteiger partial charge in [0.2, 0.25) is 11.8 Å². The Bertz CT molecular complexity index is 892. The summed E-state index contributed by atoms with van der Waals surface area (Å²) >= 11 is 0. The van der Waals surface area contributed by atoms with E-state index in [2.05, 4.69) is 16.0 Å². The summed E-state index contributed by atoms with van der Waals surface area (Å²) in [5.74, 6) is 1.21. The quantitative estimate of drug-likeness (QED) is 0.563. The van der Waals surface area contributed by atoms with E-state index < -0.39 is 6.04 Å². The molecular formula is C24H31N3O4. The van der Waals surface area contributed by atoms with Crippen LogP contribution >= 0.6 is 0 Å². The normalized spacial score (nSPS) is 14.7. The Morgan fingerprint density at radius 2 is 1.65 bits per heavy atom. The highest BCUT2D eigenvalue weighted by Crippen LogP contribution is 2.32. The largest absolute Gasteiger partial charge is 0.493 e. The number of rotatable bonds is 9. The highest BCUT2D eigenvalue weighted by molar-refractivity contribution is 5.95. The lowest BCUT2D eigenvalue weighted by molar-refractivity contribution is -0.118. The second kappa shape index (κ2) is 10.8. The maximum atomic E-state index is 12.5. The standard InChI is InChI=1S/C24H31N3O4/c1-16(24(29)27-20-11-9-19(10-12-20)26-17(2)28)25-15-18-8-13-22(30-3)23(14-18)31-21-6-4-5-7-21/h8-14,16,21,25H,4-7,15H2,1-3H3,(H,26,28)(H,27,29). The third kappa shape index (κ3) is 6.72. The van der Waals surface area contributed by atoms with Gasteiger partial charge in [-0.15, -0.1) is 0 Å². The first kappa shape index (κ1) is 22.6. The molecule has 1 atom stereocenters. The van der Waals surface area contributed by atoms with Crippen molar-refractivity contribution in [1.82, 2.24) is 5.32 Å². The summed E-state index contributed by atoms with van der Waals surface area (Å²) in [6.45, 7) is 3.80. The summed E-state index contributed by atoms with van der Waals surface area (Å²) in [4.78, 5) is 23.6. The second-order valence-electron chi connectivity index (χ2n) is 7.86. The molecule has 7 heteroatoms. The van der Waals surface area contributed by atoms with Gasteiger partial charge in [0.15, 0.2) is 11.5 Å². The van der Waals surface area contributed by atoms with Gasteiger partial charge in [-0.3, -0.25) is 9.59 Å². The third-order valence-corrected chi connectivity index (χ3v) is 5.30. The van der Waals surface area contributed by atoms with Crippen LogP contribution in [0.1, 0.15) is 45.1 Å². The molecule has 3 N–H and O–H groups in total. The van der Waals surface area contributed by atoms with Gasteiger partial charge in [-0.2, -0.15) is 0 Å². The number of nitrogens with one attached hydrogen (secondary N) is 3. The van der Waals surface area contributed by atoms with Gasteiger partial charge in [-0.25, -0.2) is 0 Å². The molecule has 0 bridgehead atoms. The molecule has 0 spiro atoms. The number of carbonyl (C=O) groups is 2. The molecule has 1 fully saturated rings. The first-order valence-corrected chi connectivity index (χ1v) is 10.7. The number of hydrogen-bond donors (Lipinski definition) is 3. The monoisotopic (exact) mass is 425 g/mol. The summed E-state index contributed by atoms with van der Waals surface area (Å²) in [6.07, 6.45) is 4.82. The van der Waals surface area contributed by atoms with Crippen LogP contribution in [0.5, 0.6) is 11.5 Å². The Kier molecular flexibility index (Phi) is 7.89. The van der Waals surface area contributed by atoms with Crippen LogP contribution in [0.15, 0.2) is 42.5 Å². The smallest absolute Gasteiger partial charge is 0.241 e. The van der Waals surface area contributed by atoms with E-state index in [0.29, 0.717) is 17.9 Å². The van der Waals surface area contributed by atoms with Crippen molar-refractivity contribution in [2.24, 2.45) is 0 Å². The Morgan fingerprint density at radius 1 is 1.00 bits per heavy atom. The van der Waals surface area contributed by atoms with E-state index in [9.17, 15) is 9.59 Å². The summed E-state index contributed by atoms with van der Waals surface area (Å²) in [7, 11) is 1.64. The molecule has 0 saturated heterocycles. The average Bonchev–Trinajstić information content (AvgIpc) is 3.26. The molecule has 166 valence electrons. The fraction of sp³-hybridized carbons (Fsp3) is 0.417. The first-order valence-electron chi connectivity index (χ1n) is 10.7. The minimum absolute atomic E-state index is 0.134. The number of hydrogen-bond acceptors (Lipinski definition) is 5. The van der Waals surface area contributed by atoms with E-state index >= 15 is 0 Å². The van der Waals surface area contributed by atoms with Gasteiger partial charge < -0.3 is 25.4 Å². The molecule has 1 aliphatic carbocycles. The minimum atomic E-state index is -0.392. The van der Waals surface area contributed by atoms with Crippen molar-refractivity contribution in [3.8, 4) is 11.5 Å².